The van der Waals surface area contributed by atoms with Crippen LogP contribution in [0.3, 0.4) is 0 Å². The molecule has 2 aliphatic rings. The molecule has 0 atom stereocenters. The molecule has 0 amide bonds. The van der Waals surface area contributed by atoms with Gasteiger partial charge in [-0.1, -0.05) is 21.3 Å². The third-order valence-electron chi connectivity index (χ3n) is 4.83. The summed E-state index contributed by atoms with van der Waals surface area (Å²) < 4.78 is 0. The summed E-state index contributed by atoms with van der Waals surface area (Å²) in [5.41, 5.74) is 0. The lowest BCUT2D eigenvalue weighted by Crippen LogP contribution is -2.40. The molecule has 2 saturated heterocycles. The Balaban J connectivity index is 0.00000144. The van der Waals surface area contributed by atoms with Crippen LogP contribution < -0.4 is 0 Å². The van der Waals surface area contributed by atoms with Crippen LogP contribution in [0.25, 0.3) is 0 Å². The Morgan fingerprint density at radius 2 is 1.00 bits per heavy atom. The lowest BCUT2D eigenvalue weighted by molar-refractivity contribution is 0.101. The van der Waals surface area contributed by atoms with Crippen molar-refractivity contribution in [1.82, 2.24) is 9.80 Å². The third kappa shape index (κ3) is 3.96. The average Bonchev–Trinajstić information content (AvgIpc) is 2.39. The van der Waals surface area contributed by atoms with Gasteiger partial charge in [-0.15, -0.1) is 0 Å². The standard InChI is InChI=1S/C14H28N2.CH4/c1-3-15-9-5-13(6-10-15)14-7-11-16(4-2)12-8-14;/h13-14H,3-12H2,1-2H3;1H4. The minimum atomic E-state index is 0. The molecule has 2 heteroatoms. The van der Waals surface area contributed by atoms with Crippen molar-refractivity contribution in [2.45, 2.75) is 47.0 Å². The van der Waals surface area contributed by atoms with Gasteiger partial charge in [0.15, 0.2) is 0 Å². The minimum absolute atomic E-state index is 0. The van der Waals surface area contributed by atoms with E-state index < -0.39 is 0 Å². The van der Waals surface area contributed by atoms with Crippen molar-refractivity contribution in [2.75, 3.05) is 39.3 Å². The SMILES string of the molecule is C.CCN1CCC(C2CCN(CC)CC2)CC1. The molecule has 2 aliphatic heterocycles. The second kappa shape index (κ2) is 7.38. The van der Waals surface area contributed by atoms with Gasteiger partial charge >= 0.3 is 0 Å². The van der Waals surface area contributed by atoms with Crippen LogP contribution in [0, 0.1) is 11.8 Å². The zero-order valence-electron chi connectivity index (χ0n) is 11.1. The van der Waals surface area contributed by atoms with Crippen LogP contribution in [0.5, 0.6) is 0 Å². The summed E-state index contributed by atoms with van der Waals surface area (Å²) in [6, 6.07) is 0. The summed E-state index contributed by atoms with van der Waals surface area (Å²) in [5, 5.41) is 0. The van der Waals surface area contributed by atoms with Gasteiger partial charge in [0.05, 0.1) is 0 Å². The molecule has 2 heterocycles. The first kappa shape index (κ1) is 15.0. The van der Waals surface area contributed by atoms with Gasteiger partial charge in [0.2, 0.25) is 0 Å². The number of nitrogens with zero attached hydrogens (tertiary/aromatic N) is 2. The van der Waals surface area contributed by atoms with Gasteiger partial charge in [0, 0.05) is 0 Å². The molecular weight excluding hydrogens is 208 g/mol. The Bertz CT molecular complexity index is 167. The molecule has 2 nitrogen and oxygen atoms in total. The second-order valence-electron chi connectivity index (χ2n) is 5.54. The molecule has 0 aromatic heterocycles. The summed E-state index contributed by atoms with van der Waals surface area (Å²) in [6.45, 7) is 12.5. The van der Waals surface area contributed by atoms with E-state index in [9.17, 15) is 0 Å². The minimum Gasteiger partial charge on any atom is -0.304 e. The number of hydrogen-bond donors (Lipinski definition) is 0. The molecule has 2 fully saturated rings. The Kier molecular flexibility index (Phi) is 6.50. The Morgan fingerprint density at radius 1 is 0.706 bits per heavy atom. The maximum Gasteiger partial charge on any atom is -0.00161 e. The monoisotopic (exact) mass is 240 g/mol. The van der Waals surface area contributed by atoms with Crippen LogP contribution in [0.2, 0.25) is 0 Å². The Labute approximate surface area is 108 Å². The van der Waals surface area contributed by atoms with Crippen molar-refractivity contribution < 1.29 is 0 Å². The number of likely N-dealkylation sites (tertiary alicyclic amines) is 2. The van der Waals surface area contributed by atoms with Crippen molar-refractivity contribution in [3.05, 3.63) is 0 Å². The van der Waals surface area contributed by atoms with Crippen molar-refractivity contribution in [1.29, 1.82) is 0 Å². The Morgan fingerprint density at radius 3 is 1.24 bits per heavy atom. The predicted octanol–water partition coefficient (Wildman–Crippen LogP) is 3.09. The van der Waals surface area contributed by atoms with Crippen LogP contribution in [0.15, 0.2) is 0 Å². The van der Waals surface area contributed by atoms with Crippen LogP contribution in [-0.2, 0) is 0 Å². The summed E-state index contributed by atoms with van der Waals surface area (Å²) in [6.07, 6.45) is 5.85. The molecule has 0 radical (unpaired) electrons. The molecule has 0 bridgehead atoms. The average molecular weight is 240 g/mol. The van der Waals surface area contributed by atoms with Gasteiger partial charge in [-0.3, -0.25) is 0 Å². The third-order valence-corrected chi connectivity index (χ3v) is 4.83. The normalized spacial score (nSPS) is 25.8. The Hall–Kier alpha value is -0.0800. The van der Waals surface area contributed by atoms with Crippen molar-refractivity contribution in [3.8, 4) is 0 Å². The summed E-state index contributed by atoms with van der Waals surface area (Å²) >= 11 is 0. The van der Waals surface area contributed by atoms with Gasteiger partial charge in [-0.25, -0.2) is 0 Å². The van der Waals surface area contributed by atoms with E-state index in [2.05, 4.69) is 23.6 Å². The summed E-state index contributed by atoms with van der Waals surface area (Å²) in [7, 11) is 0. The maximum absolute atomic E-state index is 2.61. The molecule has 0 aromatic rings. The van der Waals surface area contributed by atoms with E-state index in [-0.39, 0.29) is 7.43 Å². The van der Waals surface area contributed by atoms with Crippen molar-refractivity contribution in [3.63, 3.8) is 0 Å². The van der Waals surface area contributed by atoms with E-state index >= 15 is 0 Å². The molecule has 0 aliphatic carbocycles. The van der Waals surface area contributed by atoms with Gasteiger partial charge in [-0.05, 0) is 76.8 Å². The molecule has 0 N–H and O–H groups in total. The molecule has 0 aromatic carbocycles. The second-order valence-corrected chi connectivity index (χ2v) is 5.54. The lowest BCUT2D eigenvalue weighted by atomic mass is 9.79. The fraction of sp³-hybridized carbons (Fsp3) is 1.00. The molecule has 17 heavy (non-hydrogen) atoms. The smallest absolute Gasteiger partial charge is 0.00161 e. The van der Waals surface area contributed by atoms with Crippen LogP contribution in [0.4, 0.5) is 0 Å². The zero-order chi connectivity index (χ0) is 11.4. The fourth-order valence-corrected chi connectivity index (χ4v) is 3.48. The van der Waals surface area contributed by atoms with Crippen molar-refractivity contribution >= 4 is 0 Å². The zero-order valence-corrected chi connectivity index (χ0v) is 11.1. The summed E-state index contributed by atoms with van der Waals surface area (Å²) in [4.78, 5) is 5.22. The van der Waals surface area contributed by atoms with E-state index in [1.165, 1.54) is 65.0 Å². The van der Waals surface area contributed by atoms with E-state index in [1.807, 2.05) is 0 Å². The highest BCUT2D eigenvalue weighted by atomic mass is 15.1. The quantitative estimate of drug-likeness (QED) is 0.748. The molecule has 102 valence electrons. The largest absolute Gasteiger partial charge is 0.304 e. The first-order chi connectivity index (χ1) is 7.83. The van der Waals surface area contributed by atoms with Crippen LogP contribution in [0.1, 0.15) is 47.0 Å². The highest BCUT2D eigenvalue weighted by molar-refractivity contribution is 4.81. The lowest BCUT2D eigenvalue weighted by Gasteiger charge is -2.39. The van der Waals surface area contributed by atoms with Gasteiger partial charge in [0.1, 0.15) is 0 Å². The van der Waals surface area contributed by atoms with E-state index in [0.29, 0.717) is 0 Å². The number of piperidine rings is 2. The molecule has 0 unspecified atom stereocenters. The number of hydrogen-bond acceptors (Lipinski definition) is 2. The highest BCUT2D eigenvalue weighted by Gasteiger charge is 2.28. The number of rotatable bonds is 3. The molecule has 2 rings (SSSR count). The van der Waals surface area contributed by atoms with E-state index in [1.54, 1.807) is 0 Å². The topological polar surface area (TPSA) is 6.48 Å². The van der Waals surface area contributed by atoms with Crippen molar-refractivity contribution in [2.24, 2.45) is 11.8 Å². The highest BCUT2D eigenvalue weighted by Crippen LogP contribution is 2.32. The first-order valence-corrected chi connectivity index (χ1v) is 7.28. The fourth-order valence-electron chi connectivity index (χ4n) is 3.48. The van der Waals surface area contributed by atoms with Crippen LogP contribution >= 0.6 is 0 Å². The first-order valence-electron chi connectivity index (χ1n) is 7.28. The maximum atomic E-state index is 2.61. The predicted molar refractivity (Wildman–Crippen MR) is 76.4 cm³/mol. The van der Waals surface area contributed by atoms with E-state index in [0.717, 1.165) is 11.8 Å². The van der Waals surface area contributed by atoms with Gasteiger partial charge in [-0.2, -0.15) is 0 Å². The summed E-state index contributed by atoms with van der Waals surface area (Å²) in [5.74, 6) is 2.09. The van der Waals surface area contributed by atoms with Gasteiger partial charge < -0.3 is 9.80 Å². The van der Waals surface area contributed by atoms with Gasteiger partial charge in [0.25, 0.3) is 0 Å². The molecule has 0 saturated carbocycles. The molecular formula is C15H32N2. The van der Waals surface area contributed by atoms with Crippen LogP contribution in [-0.4, -0.2) is 49.1 Å². The van der Waals surface area contributed by atoms with E-state index in [4.69, 9.17) is 0 Å². The molecule has 0 spiro atoms.